The van der Waals surface area contributed by atoms with Gasteiger partial charge in [0.25, 0.3) is 0 Å². The molecule has 1 amide bonds. The van der Waals surface area contributed by atoms with E-state index in [4.69, 9.17) is 0 Å². The first kappa shape index (κ1) is 19.6. The Bertz CT molecular complexity index is 968. The molecule has 0 spiro atoms. The predicted octanol–water partition coefficient (Wildman–Crippen LogP) is 4.26. The molecule has 0 radical (unpaired) electrons. The van der Waals surface area contributed by atoms with Crippen molar-refractivity contribution in [3.63, 3.8) is 0 Å². The summed E-state index contributed by atoms with van der Waals surface area (Å²) in [4.78, 5) is 19.6. The topological polar surface area (TPSA) is 50.2 Å². The Labute approximate surface area is 172 Å². The van der Waals surface area contributed by atoms with Gasteiger partial charge in [0.2, 0.25) is 5.91 Å². The first-order valence-electron chi connectivity index (χ1n) is 10.7. The summed E-state index contributed by atoms with van der Waals surface area (Å²) in [5, 5.41) is 4.34. The molecule has 29 heavy (non-hydrogen) atoms. The van der Waals surface area contributed by atoms with Gasteiger partial charge < -0.3 is 14.8 Å². The molecule has 1 aromatic carbocycles. The van der Waals surface area contributed by atoms with Crippen LogP contribution >= 0.6 is 0 Å². The van der Waals surface area contributed by atoms with Gasteiger partial charge in [-0.2, -0.15) is 0 Å². The van der Waals surface area contributed by atoms with Crippen molar-refractivity contribution in [2.75, 3.05) is 25.0 Å². The highest BCUT2D eigenvalue weighted by molar-refractivity contribution is 5.92. The van der Waals surface area contributed by atoms with E-state index in [0.717, 1.165) is 56.8 Å². The minimum atomic E-state index is 0.110. The summed E-state index contributed by atoms with van der Waals surface area (Å²) < 4.78 is 2.23. The van der Waals surface area contributed by atoms with Crippen molar-refractivity contribution in [1.29, 1.82) is 0 Å². The maximum Gasteiger partial charge on any atom is 0.227 e. The number of fused-ring (bicyclic) bond motifs is 1. The highest BCUT2D eigenvalue weighted by Crippen LogP contribution is 2.23. The number of benzene rings is 1. The van der Waals surface area contributed by atoms with E-state index in [9.17, 15) is 4.79 Å². The lowest BCUT2D eigenvalue weighted by Crippen LogP contribution is -2.39. The van der Waals surface area contributed by atoms with Crippen molar-refractivity contribution >= 4 is 22.6 Å². The van der Waals surface area contributed by atoms with Crippen LogP contribution in [0.15, 0.2) is 48.8 Å². The summed E-state index contributed by atoms with van der Waals surface area (Å²) in [5.74, 6) is 0.268. The number of nitrogens with zero attached hydrogens (tertiary/aromatic N) is 3. The van der Waals surface area contributed by atoms with E-state index in [1.54, 1.807) is 0 Å². The normalized spacial score (nSPS) is 15.7. The highest BCUT2D eigenvalue weighted by atomic mass is 16.1. The molecule has 0 unspecified atom stereocenters. The third kappa shape index (κ3) is 4.51. The molecule has 5 heteroatoms. The number of likely N-dealkylation sites (tertiary alicyclic amines) is 1. The van der Waals surface area contributed by atoms with Crippen molar-refractivity contribution in [3.05, 3.63) is 59.9 Å². The van der Waals surface area contributed by atoms with Crippen molar-refractivity contribution < 1.29 is 4.79 Å². The summed E-state index contributed by atoms with van der Waals surface area (Å²) in [6.45, 7) is 8.15. The fraction of sp³-hybridized carbons (Fsp3) is 0.417. The average Bonchev–Trinajstić information content (AvgIpc) is 3.12. The molecule has 1 aliphatic rings. The molecule has 1 fully saturated rings. The van der Waals surface area contributed by atoms with E-state index in [-0.39, 0.29) is 11.8 Å². The second-order valence-electron chi connectivity index (χ2n) is 8.04. The number of carbonyl (C=O) groups excluding carboxylic acids is 1. The van der Waals surface area contributed by atoms with E-state index in [1.165, 1.54) is 16.5 Å². The minimum absolute atomic E-state index is 0.110. The maximum atomic E-state index is 12.6. The minimum Gasteiger partial charge on any atom is -0.333 e. The summed E-state index contributed by atoms with van der Waals surface area (Å²) in [7, 11) is 0. The molecule has 0 atom stereocenters. The first-order valence-corrected chi connectivity index (χ1v) is 10.7. The lowest BCUT2D eigenvalue weighted by atomic mass is 9.95. The van der Waals surface area contributed by atoms with E-state index in [0.29, 0.717) is 0 Å². The fourth-order valence-corrected chi connectivity index (χ4v) is 4.21. The number of nitrogens with one attached hydrogen (secondary N) is 1. The van der Waals surface area contributed by atoms with Crippen LogP contribution in [0.1, 0.15) is 30.9 Å². The number of piperidine rings is 1. The van der Waals surface area contributed by atoms with Crippen LogP contribution in [-0.2, 0) is 17.8 Å². The zero-order valence-electron chi connectivity index (χ0n) is 17.4. The maximum absolute atomic E-state index is 12.6. The molecule has 1 saturated heterocycles. The summed E-state index contributed by atoms with van der Waals surface area (Å²) >= 11 is 0. The second kappa shape index (κ2) is 8.78. The van der Waals surface area contributed by atoms with Crippen LogP contribution < -0.4 is 5.32 Å². The van der Waals surface area contributed by atoms with Gasteiger partial charge in [-0.25, -0.2) is 4.98 Å². The van der Waals surface area contributed by atoms with Gasteiger partial charge in [0.1, 0.15) is 5.65 Å². The van der Waals surface area contributed by atoms with Crippen LogP contribution in [0.4, 0.5) is 5.69 Å². The van der Waals surface area contributed by atoms with Gasteiger partial charge in [0.05, 0.1) is 0 Å². The van der Waals surface area contributed by atoms with Crippen molar-refractivity contribution in [1.82, 2.24) is 14.5 Å². The van der Waals surface area contributed by atoms with Gasteiger partial charge in [0.15, 0.2) is 0 Å². The molecular formula is C24H30N4O. The quantitative estimate of drug-likeness (QED) is 0.684. The third-order valence-electron chi connectivity index (χ3n) is 6.03. The van der Waals surface area contributed by atoms with E-state index in [2.05, 4.69) is 45.9 Å². The van der Waals surface area contributed by atoms with Crippen LogP contribution in [0.5, 0.6) is 0 Å². The Hall–Kier alpha value is -2.66. The largest absolute Gasteiger partial charge is 0.333 e. The SMILES string of the molecule is CCn1cc(CCN2CCC(C(=O)Nc3ccc(C)cc3)CC2)c2cccnc21. The zero-order chi connectivity index (χ0) is 20.2. The molecule has 3 aromatic rings. The van der Waals surface area contributed by atoms with Gasteiger partial charge in [-0.05, 0) is 76.0 Å². The van der Waals surface area contributed by atoms with Crippen LogP contribution in [-0.4, -0.2) is 40.0 Å². The molecule has 0 saturated carbocycles. The molecular weight excluding hydrogens is 360 g/mol. The molecule has 3 heterocycles. The number of aryl methyl sites for hydroxylation is 2. The number of carbonyl (C=O) groups is 1. The van der Waals surface area contributed by atoms with Crippen molar-refractivity contribution in [3.8, 4) is 0 Å². The highest BCUT2D eigenvalue weighted by Gasteiger charge is 2.25. The fourth-order valence-electron chi connectivity index (χ4n) is 4.21. The smallest absolute Gasteiger partial charge is 0.227 e. The number of amides is 1. The standard InChI is InChI=1S/C24H30N4O/c1-3-28-17-20(22-5-4-13-25-23(22)28)12-16-27-14-10-19(11-15-27)24(29)26-21-8-6-18(2)7-9-21/h4-9,13,17,19H,3,10-12,14-16H2,1-2H3,(H,26,29). The summed E-state index contributed by atoms with van der Waals surface area (Å²) in [6.07, 6.45) is 6.99. The molecule has 4 rings (SSSR count). The lowest BCUT2D eigenvalue weighted by molar-refractivity contribution is -0.121. The monoisotopic (exact) mass is 390 g/mol. The number of pyridine rings is 1. The van der Waals surface area contributed by atoms with Gasteiger partial charge in [-0.1, -0.05) is 17.7 Å². The number of anilines is 1. The Morgan fingerprint density at radius 2 is 1.93 bits per heavy atom. The molecule has 1 aliphatic heterocycles. The van der Waals surface area contributed by atoms with E-state index >= 15 is 0 Å². The third-order valence-corrected chi connectivity index (χ3v) is 6.03. The van der Waals surface area contributed by atoms with Gasteiger partial charge in [0, 0.05) is 42.5 Å². The zero-order valence-corrected chi connectivity index (χ0v) is 17.4. The summed E-state index contributed by atoms with van der Waals surface area (Å²) in [5.41, 5.74) is 4.55. The molecule has 1 N–H and O–H groups in total. The number of rotatable bonds is 6. The molecule has 2 aromatic heterocycles. The van der Waals surface area contributed by atoms with Crippen LogP contribution in [0.2, 0.25) is 0 Å². The number of aromatic nitrogens is 2. The predicted molar refractivity (Wildman–Crippen MR) is 118 cm³/mol. The van der Waals surface area contributed by atoms with E-state index in [1.807, 2.05) is 36.5 Å². The summed E-state index contributed by atoms with van der Waals surface area (Å²) in [6, 6.07) is 12.2. The van der Waals surface area contributed by atoms with Gasteiger partial charge >= 0.3 is 0 Å². The molecule has 0 aliphatic carbocycles. The van der Waals surface area contributed by atoms with Gasteiger partial charge in [-0.3, -0.25) is 4.79 Å². The number of hydrogen-bond donors (Lipinski definition) is 1. The molecule has 152 valence electrons. The lowest BCUT2D eigenvalue weighted by Gasteiger charge is -2.31. The van der Waals surface area contributed by atoms with Crippen molar-refractivity contribution in [2.24, 2.45) is 5.92 Å². The van der Waals surface area contributed by atoms with Crippen molar-refractivity contribution in [2.45, 2.75) is 39.7 Å². The Morgan fingerprint density at radius 3 is 2.66 bits per heavy atom. The van der Waals surface area contributed by atoms with Crippen LogP contribution in [0.25, 0.3) is 11.0 Å². The van der Waals surface area contributed by atoms with Crippen LogP contribution in [0.3, 0.4) is 0 Å². The first-order chi connectivity index (χ1) is 14.1. The van der Waals surface area contributed by atoms with E-state index < -0.39 is 0 Å². The second-order valence-corrected chi connectivity index (χ2v) is 8.04. The number of hydrogen-bond acceptors (Lipinski definition) is 3. The van der Waals surface area contributed by atoms with Gasteiger partial charge in [-0.15, -0.1) is 0 Å². The Kier molecular flexibility index (Phi) is 5.95. The van der Waals surface area contributed by atoms with Crippen LogP contribution in [0, 0.1) is 12.8 Å². The molecule has 5 nitrogen and oxygen atoms in total. The average molecular weight is 391 g/mol. The molecule has 0 bridgehead atoms. The Balaban J connectivity index is 1.29. The Morgan fingerprint density at radius 1 is 1.17 bits per heavy atom.